The second kappa shape index (κ2) is 9.47. The lowest BCUT2D eigenvalue weighted by molar-refractivity contribution is 0.494. The summed E-state index contributed by atoms with van der Waals surface area (Å²) in [5.41, 5.74) is 4.37. The second-order valence-corrected chi connectivity index (χ2v) is 12.3. The molecule has 0 spiro atoms. The van der Waals surface area contributed by atoms with Gasteiger partial charge in [0.25, 0.3) is 0 Å². The predicted molar refractivity (Wildman–Crippen MR) is 194 cm³/mol. The van der Waals surface area contributed by atoms with Crippen LogP contribution in [0.4, 0.5) is 0 Å². The zero-order valence-corrected chi connectivity index (χ0v) is 25.4. The first-order valence-electron chi connectivity index (χ1n) is 16.0. The summed E-state index contributed by atoms with van der Waals surface area (Å²) in [4.78, 5) is 15.4. The van der Waals surface area contributed by atoms with Crippen LogP contribution in [-0.4, -0.2) is 15.0 Å². The molecule has 222 valence electrons. The van der Waals surface area contributed by atoms with Gasteiger partial charge in [-0.15, -0.1) is 0 Å². The Morgan fingerprint density at radius 3 is 1.92 bits per heavy atom. The van der Waals surface area contributed by atoms with Gasteiger partial charge in [0.05, 0.1) is 5.56 Å². The maximum absolute atomic E-state index is 6.80. The van der Waals surface area contributed by atoms with Crippen molar-refractivity contribution in [3.8, 4) is 45.7 Å². The maximum atomic E-state index is 6.80. The van der Waals surface area contributed by atoms with Crippen molar-refractivity contribution >= 4 is 65.0 Å². The quantitative estimate of drug-likeness (QED) is 0.186. The monoisotopic (exact) mass is 613 g/mol. The molecule has 0 saturated carbocycles. The molecule has 0 unspecified atom stereocenters. The Morgan fingerprint density at radius 1 is 0.396 bits per heavy atom. The van der Waals surface area contributed by atoms with E-state index in [-0.39, 0.29) is 0 Å². The molecule has 5 heteroatoms. The molecule has 1 aliphatic heterocycles. The van der Waals surface area contributed by atoms with Crippen molar-refractivity contribution in [2.24, 2.45) is 0 Å². The molecule has 0 fully saturated rings. The summed E-state index contributed by atoms with van der Waals surface area (Å²) in [6, 6.07) is 47.9. The number of hydrogen-bond donors (Lipinski definition) is 0. The average molecular weight is 614 g/mol. The van der Waals surface area contributed by atoms with Crippen molar-refractivity contribution in [3.05, 3.63) is 140 Å². The molecule has 0 N–H and O–H groups in total. The van der Waals surface area contributed by atoms with Gasteiger partial charge in [-0.25, -0.2) is 15.0 Å². The van der Waals surface area contributed by atoms with E-state index in [4.69, 9.17) is 24.1 Å². The number of furan rings is 1. The summed E-state index contributed by atoms with van der Waals surface area (Å²) < 4.78 is 13.2. The summed E-state index contributed by atoms with van der Waals surface area (Å²) in [5, 5.41) is 11.1. The second-order valence-electron chi connectivity index (χ2n) is 12.3. The average Bonchev–Trinajstić information content (AvgIpc) is 3.54. The Labute approximate surface area is 273 Å². The van der Waals surface area contributed by atoms with Crippen LogP contribution in [0.15, 0.2) is 144 Å². The fraction of sp³-hybridized carbons (Fsp3) is 0. The van der Waals surface area contributed by atoms with Gasteiger partial charge < -0.3 is 9.15 Å². The molecular weight excluding hydrogens is 590 g/mol. The number of fused-ring (bicyclic) bond motifs is 5. The van der Waals surface area contributed by atoms with Crippen molar-refractivity contribution in [3.63, 3.8) is 0 Å². The molecule has 0 atom stereocenters. The first-order valence-corrected chi connectivity index (χ1v) is 16.0. The number of benzene rings is 8. The zero-order chi connectivity index (χ0) is 31.3. The van der Waals surface area contributed by atoms with Gasteiger partial charge in [-0.2, -0.15) is 0 Å². The highest BCUT2D eigenvalue weighted by Crippen LogP contribution is 2.50. The number of hydrogen-bond acceptors (Lipinski definition) is 5. The van der Waals surface area contributed by atoms with Crippen LogP contribution in [0.3, 0.4) is 0 Å². The number of nitrogens with zero attached hydrogens (tertiary/aromatic N) is 3. The molecule has 1 aliphatic rings. The van der Waals surface area contributed by atoms with E-state index in [1.165, 1.54) is 10.8 Å². The standard InChI is InChI=1S/C43H23N3O2/c1-2-8-27(9-3-1)41-44-42(32-13-7-12-30-28(32)22-23-31-29-11-4-5-14-34(29)47-39(30)31)46-43(45-41)33-21-20-26-19-18-25-17-16-24-10-6-15-35-36(24)37(25)38(26)40(33)48-35/h1-23H. The minimum absolute atomic E-state index is 0.557. The molecule has 0 saturated heterocycles. The van der Waals surface area contributed by atoms with Gasteiger partial charge in [-0.05, 0) is 45.8 Å². The van der Waals surface area contributed by atoms with E-state index in [2.05, 4.69) is 72.8 Å². The fourth-order valence-electron chi connectivity index (χ4n) is 7.49. The topological polar surface area (TPSA) is 61.0 Å². The molecule has 10 aromatic rings. The highest BCUT2D eigenvalue weighted by molar-refractivity contribution is 6.26. The van der Waals surface area contributed by atoms with E-state index in [1.54, 1.807) is 0 Å². The Bertz CT molecular complexity index is 2980. The summed E-state index contributed by atoms with van der Waals surface area (Å²) in [6.45, 7) is 0. The SMILES string of the molecule is c1ccc(-c2nc(-c3ccc4ccc5ccc6cccc7c6c5c4c3O7)nc(-c3cccc4c3ccc3c5ccccc5oc43)n2)cc1. The highest BCUT2D eigenvalue weighted by Gasteiger charge is 2.25. The third kappa shape index (κ3) is 3.53. The van der Waals surface area contributed by atoms with E-state index in [0.717, 1.165) is 82.4 Å². The van der Waals surface area contributed by atoms with E-state index in [9.17, 15) is 0 Å². The van der Waals surface area contributed by atoms with Crippen LogP contribution < -0.4 is 4.74 Å². The molecule has 11 rings (SSSR count). The van der Waals surface area contributed by atoms with E-state index in [0.29, 0.717) is 17.5 Å². The molecule has 48 heavy (non-hydrogen) atoms. The van der Waals surface area contributed by atoms with Gasteiger partial charge in [0.1, 0.15) is 22.7 Å². The van der Waals surface area contributed by atoms with Gasteiger partial charge in [0.2, 0.25) is 0 Å². The maximum Gasteiger partial charge on any atom is 0.167 e. The van der Waals surface area contributed by atoms with Gasteiger partial charge in [0.15, 0.2) is 17.5 Å². The Kier molecular flexibility index (Phi) is 5.05. The van der Waals surface area contributed by atoms with Gasteiger partial charge in [-0.3, -0.25) is 0 Å². The Balaban J connectivity index is 1.20. The normalized spacial score (nSPS) is 12.3. The number of rotatable bonds is 3. The third-order valence-electron chi connectivity index (χ3n) is 9.68. The van der Waals surface area contributed by atoms with Gasteiger partial charge >= 0.3 is 0 Å². The van der Waals surface area contributed by atoms with Gasteiger partial charge in [-0.1, -0.05) is 115 Å². The predicted octanol–water partition coefficient (Wildman–Crippen LogP) is 11.5. The van der Waals surface area contributed by atoms with Crippen molar-refractivity contribution in [1.29, 1.82) is 0 Å². The summed E-state index contributed by atoms with van der Waals surface area (Å²) >= 11 is 0. The number of aromatic nitrogens is 3. The molecule has 2 aromatic heterocycles. The lowest BCUT2D eigenvalue weighted by Gasteiger charge is -2.22. The highest BCUT2D eigenvalue weighted by atomic mass is 16.5. The molecule has 0 aliphatic carbocycles. The van der Waals surface area contributed by atoms with Crippen molar-refractivity contribution in [1.82, 2.24) is 15.0 Å². The smallest absolute Gasteiger partial charge is 0.167 e. The molecule has 5 nitrogen and oxygen atoms in total. The largest absolute Gasteiger partial charge is 0.455 e. The fourth-order valence-corrected chi connectivity index (χ4v) is 7.49. The lowest BCUT2D eigenvalue weighted by Crippen LogP contribution is -2.03. The van der Waals surface area contributed by atoms with Crippen LogP contribution in [0, 0.1) is 0 Å². The van der Waals surface area contributed by atoms with Crippen LogP contribution in [0.2, 0.25) is 0 Å². The van der Waals surface area contributed by atoms with Crippen molar-refractivity contribution in [2.75, 3.05) is 0 Å². The molecule has 0 radical (unpaired) electrons. The first-order chi connectivity index (χ1) is 23.8. The van der Waals surface area contributed by atoms with Crippen LogP contribution in [-0.2, 0) is 0 Å². The van der Waals surface area contributed by atoms with E-state index < -0.39 is 0 Å². The van der Waals surface area contributed by atoms with E-state index in [1.807, 2.05) is 66.7 Å². The van der Waals surface area contributed by atoms with E-state index >= 15 is 0 Å². The lowest BCUT2D eigenvalue weighted by atomic mass is 9.92. The van der Waals surface area contributed by atoms with Crippen LogP contribution in [0.25, 0.3) is 99.2 Å². The summed E-state index contributed by atoms with van der Waals surface area (Å²) in [5.74, 6) is 3.35. The zero-order valence-electron chi connectivity index (χ0n) is 25.4. The summed E-state index contributed by atoms with van der Waals surface area (Å²) in [6.07, 6.45) is 0. The Morgan fingerprint density at radius 2 is 1.04 bits per heavy atom. The molecule has 0 amide bonds. The molecule has 8 aromatic carbocycles. The third-order valence-corrected chi connectivity index (χ3v) is 9.68. The minimum Gasteiger partial charge on any atom is -0.455 e. The minimum atomic E-state index is 0.557. The van der Waals surface area contributed by atoms with Crippen molar-refractivity contribution < 1.29 is 9.15 Å². The number of para-hydroxylation sites is 1. The number of ether oxygens (including phenoxy) is 1. The first kappa shape index (κ1) is 25.6. The molecular formula is C43H23N3O2. The van der Waals surface area contributed by atoms with Crippen LogP contribution >= 0.6 is 0 Å². The van der Waals surface area contributed by atoms with Crippen LogP contribution in [0.1, 0.15) is 0 Å². The Hall–Kier alpha value is -6.59. The van der Waals surface area contributed by atoms with Crippen molar-refractivity contribution in [2.45, 2.75) is 0 Å². The summed E-state index contributed by atoms with van der Waals surface area (Å²) in [7, 11) is 0. The van der Waals surface area contributed by atoms with Crippen LogP contribution in [0.5, 0.6) is 11.5 Å². The molecule has 3 heterocycles. The molecule has 0 bridgehead atoms. The van der Waals surface area contributed by atoms with Gasteiger partial charge in [0, 0.05) is 43.4 Å².